The maximum Gasteiger partial charge on any atom is 0.160 e. The summed E-state index contributed by atoms with van der Waals surface area (Å²) in [7, 11) is 0. The second-order valence-electron chi connectivity index (χ2n) is 11.6. The van der Waals surface area contributed by atoms with Gasteiger partial charge in [0, 0.05) is 38.8 Å². The molecule has 0 amide bonds. The van der Waals surface area contributed by atoms with E-state index in [-0.39, 0.29) is 0 Å². The zero-order chi connectivity index (χ0) is 33.6. The van der Waals surface area contributed by atoms with Crippen LogP contribution in [0.4, 0.5) is 0 Å². The zero-order valence-electron chi connectivity index (χ0n) is 28.5. The van der Waals surface area contributed by atoms with Crippen molar-refractivity contribution in [1.82, 2.24) is 9.55 Å². The van der Waals surface area contributed by atoms with E-state index in [1.807, 2.05) is 81.4 Å². The molecule has 1 N–H and O–H groups in total. The summed E-state index contributed by atoms with van der Waals surface area (Å²) < 4.78 is 2.38. The second kappa shape index (κ2) is 14.4. The number of nitrogens with zero attached hydrogens (tertiary/aromatic N) is 3. The molecule has 4 nitrogen and oxygen atoms in total. The first kappa shape index (κ1) is 32.2. The number of H-pyrrole nitrogens is 1. The Morgan fingerprint density at radius 2 is 1.33 bits per heavy atom. The first-order chi connectivity index (χ1) is 23.5. The van der Waals surface area contributed by atoms with Crippen LogP contribution in [0.15, 0.2) is 144 Å². The van der Waals surface area contributed by atoms with Crippen molar-refractivity contribution in [3.8, 4) is 5.69 Å². The number of aromatic amines is 1. The number of nitrogens with one attached hydrogen (secondary N) is 1. The van der Waals surface area contributed by atoms with Crippen molar-refractivity contribution in [2.24, 2.45) is 9.98 Å². The van der Waals surface area contributed by atoms with Gasteiger partial charge in [0.2, 0.25) is 0 Å². The second-order valence-corrected chi connectivity index (χ2v) is 11.6. The van der Waals surface area contributed by atoms with Gasteiger partial charge in [-0.2, -0.15) is 0 Å². The molecule has 7 rings (SSSR count). The molecule has 2 aromatic heterocycles. The lowest BCUT2D eigenvalue weighted by Gasteiger charge is -2.11. The molecule has 48 heavy (non-hydrogen) atoms. The Hall–Kier alpha value is -5.74. The summed E-state index contributed by atoms with van der Waals surface area (Å²) in [6.07, 6.45) is 5.41. The highest BCUT2D eigenvalue weighted by atomic mass is 15.0. The molecule has 0 aliphatic heterocycles. The molecule has 0 unspecified atom stereocenters. The van der Waals surface area contributed by atoms with Gasteiger partial charge in [0.25, 0.3) is 0 Å². The molecule has 0 aliphatic rings. The van der Waals surface area contributed by atoms with E-state index >= 15 is 0 Å². The first-order valence-corrected chi connectivity index (χ1v) is 16.8. The van der Waals surface area contributed by atoms with E-state index < -0.39 is 0 Å². The Bertz CT molecular complexity index is 2300. The Morgan fingerprint density at radius 1 is 0.708 bits per heavy atom. The number of benzene rings is 5. The number of aromatic nitrogens is 2. The fraction of sp³-hybridized carbons (Fsp3) is 0.136. The lowest BCUT2D eigenvalue weighted by molar-refractivity contribution is 1.18. The molecule has 0 atom stereocenters. The van der Waals surface area contributed by atoms with Crippen LogP contribution in [0, 0.1) is 6.92 Å². The molecule has 0 saturated heterocycles. The third-order valence-electron chi connectivity index (χ3n) is 8.62. The van der Waals surface area contributed by atoms with Crippen molar-refractivity contribution in [2.75, 3.05) is 0 Å². The van der Waals surface area contributed by atoms with E-state index in [2.05, 4.69) is 103 Å². The Labute approximate surface area is 283 Å². The minimum Gasteiger partial charge on any atom is -0.353 e. The van der Waals surface area contributed by atoms with Gasteiger partial charge in [-0.1, -0.05) is 137 Å². The molecule has 7 aromatic rings. The molecule has 0 saturated carbocycles. The Kier molecular flexibility index (Phi) is 9.63. The molecule has 2 heterocycles. The molecule has 0 fully saturated rings. The highest BCUT2D eigenvalue weighted by Gasteiger charge is 2.18. The SMILES string of the molecule is C=C(N=C(N=C(C)c1ccc(-n2c3ccccc3c3ccc4c(C)c(/C=C\CC)[nH]c4c32)cc1)c1ccccc1)c1ccccc1.CC. The number of allylic oxidation sites excluding steroid dienone is 1. The van der Waals surface area contributed by atoms with E-state index in [4.69, 9.17) is 9.98 Å². The van der Waals surface area contributed by atoms with Gasteiger partial charge < -0.3 is 9.55 Å². The van der Waals surface area contributed by atoms with E-state index in [1.54, 1.807) is 0 Å². The van der Waals surface area contributed by atoms with Crippen molar-refractivity contribution in [3.63, 3.8) is 0 Å². The number of aryl methyl sites for hydroxylation is 1. The Morgan fingerprint density at radius 3 is 2.02 bits per heavy atom. The summed E-state index contributed by atoms with van der Waals surface area (Å²) in [4.78, 5) is 13.7. The quantitative estimate of drug-likeness (QED) is 0.135. The normalized spacial score (nSPS) is 12.2. The van der Waals surface area contributed by atoms with Gasteiger partial charge in [0.05, 0.1) is 22.2 Å². The molecule has 0 aliphatic carbocycles. The van der Waals surface area contributed by atoms with Crippen molar-refractivity contribution in [2.45, 2.75) is 41.0 Å². The minimum absolute atomic E-state index is 0.635. The van der Waals surface area contributed by atoms with Crippen LogP contribution in [0.1, 0.15) is 62.1 Å². The molecular formula is C44H42N4. The van der Waals surface area contributed by atoms with Gasteiger partial charge in [-0.15, -0.1) is 0 Å². The standard InChI is InChI=1S/C42H36N4.C2H6/c1-5-6-20-38-28(2)35-26-27-37-36-19-13-14-21-39(36)46(41(37)40(35)45-38)34-24-22-32(23-25-34)30(4)44-42(33-17-11-8-12-18-33)43-29(3)31-15-9-7-10-16-31;1-2/h6-27,45H,3,5H2,1-2,4H3;1-2H3/b20-6-,43-42?,44-30?;. The third kappa shape index (κ3) is 6.17. The average Bonchev–Trinajstić information content (AvgIpc) is 3.66. The third-order valence-corrected chi connectivity index (χ3v) is 8.62. The van der Waals surface area contributed by atoms with Crippen molar-refractivity contribution >= 4 is 56.0 Å². The van der Waals surface area contributed by atoms with Crippen LogP contribution >= 0.6 is 0 Å². The van der Waals surface area contributed by atoms with Crippen LogP contribution in [-0.2, 0) is 0 Å². The highest BCUT2D eigenvalue weighted by Crippen LogP contribution is 2.38. The van der Waals surface area contributed by atoms with Crippen molar-refractivity contribution in [1.29, 1.82) is 0 Å². The summed E-state index contributed by atoms with van der Waals surface area (Å²) in [6.45, 7) is 14.6. The van der Waals surface area contributed by atoms with Crippen molar-refractivity contribution in [3.05, 3.63) is 162 Å². The lowest BCUT2D eigenvalue weighted by atomic mass is 10.1. The van der Waals surface area contributed by atoms with Gasteiger partial charge >= 0.3 is 0 Å². The zero-order valence-corrected chi connectivity index (χ0v) is 28.5. The first-order valence-electron chi connectivity index (χ1n) is 16.8. The van der Waals surface area contributed by atoms with Crippen LogP contribution in [-0.4, -0.2) is 21.1 Å². The highest BCUT2D eigenvalue weighted by molar-refractivity contribution is 6.18. The molecule has 238 valence electrons. The van der Waals surface area contributed by atoms with E-state index in [1.165, 1.54) is 32.8 Å². The topological polar surface area (TPSA) is 45.4 Å². The number of amidine groups is 1. The fourth-order valence-corrected chi connectivity index (χ4v) is 6.18. The summed E-state index contributed by atoms with van der Waals surface area (Å²) in [6, 6.07) is 42.0. The Balaban J connectivity index is 0.00000197. The predicted octanol–water partition coefficient (Wildman–Crippen LogP) is 11.9. The smallest absolute Gasteiger partial charge is 0.160 e. The van der Waals surface area contributed by atoms with Gasteiger partial charge in [0.1, 0.15) is 0 Å². The largest absolute Gasteiger partial charge is 0.353 e. The summed E-state index contributed by atoms with van der Waals surface area (Å²) in [5.74, 6) is 0.635. The fourth-order valence-electron chi connectivity index (χ4n) is 6.18. The summed E-state index contributed by atoms with van der Waals surface area (Å²) >= 11 is 0. The number of fused-ring (bicyclic) bond motifs is 5. The average molecular weight is 627 g/mol. The van der Waals surface area contributed by atoms with Crippen LogP contribution in [0.5, 0.6) is 0 Å². The molecule has 4 heteroatoms. The molecule has 5 aromatic carbocycles. The molecular weight excluding hydrogens is 585 g/mol. The van der Waals surface area contributed by atoms with Gasteiger partial charge in [0.15, 0.2) is 5.84 Å². The van der Waals surface area contributed by atoms with E-state index in [0.29, 0.717) is 11.5 Å². The van der Waals surface area contributed by atoms with Gasteiger partial charge in [-0.3, -0.25) is 0 Å². The van der Waals surface area contributed by atoms with Gasteiger partial charge in [-0.05, 0) is 61.2 Å². The molecule has 0 radical (unpaired) electrons. The summed E-state index contributed by atoms with van der Waals surface area (Å²) in [5.41, 5.74) is 11.6. The number of para-hydroxylation sites is 1. The van der Waals surface area contributed by atoms with E-state index in [9.17, 15) is 0 Å². The number of hydrogen-bond donors (Lipinski definition) is 1. The number of hydrogen-bond acceptors (Lipinski definition) is 1. The van der Waals surface area contributed by atoms with Crippen LogP contribution < -0.4 is 0 Å². The monoisotopic (exact) mass is 626 g/mol. The minimum atomic E-state index is 0.635. The number of aliphatic imine (C=N–C) groups is 2. The lowest BCUT2D eigenvalue weighted by Crippen LogP contribution is -2.04. The summed E-state index contributed by atoms with van der Waals surface area (Å²) in [5, 5.41) is 3.72. The predicted molar refractivity (Wildman–Crippen MR) is 209 cm³/mol. The van der Waals surface area contributed by atoms with Crippen LogP contribution in [0.3, 0.4) is 0 Å². The van der Waals surface area contributed by atoms with E-state index in [0.717, 1.165) is 45.7 Å². The van der Waals surface area contributed by atoms with Gasteiger partial charge in [-0.25, -0.2) is 9.98 Å². The maximum atomic E-state index is 5.04. The molecule has 0 spiro atoms. The van der Waals surface area contributed by atoms with Crippen LogP contribution in [0.25, 0.3) is 50.2 Å². The molecule has 0 bridgehead atoms. The number of rotatable bonds is 7. The maximum absolute atomic E-state index is 5.04. The van der Waals surface area contributed by atoms with Crippen LogP contribution in [0.2, 0.25) is 0 Å². The van der Waals surface area contributed by atoms with Crippen molar-refractivity contribution < 1.29 is 0 Å².